The number of piperazine rings is 1. The van der Waals surface area contributed by atoms with Crippen LogP contribution in [-0.2, 0) is 0 Å². The summed E-state index contributed by atoms with van der Waals surface area (Å²) in [6.07, 6.45) is 11.4. The molecule has 2 nitrogen and oxygen atoms in total. The van der Waals surface area contributed by atoms with Crippen LogP contribution in [-0.4, -0.2) is 36.1 Å². The molecule has 2 fully saturated rings. The lowest BCUT2D eigenvalue weighted by Gasteiger charge is -2.45. The molecule has 2 atom stereocenters. The molecule has 2 unspecified atom stereocenters. The summed E-state index contributed by atoms with van der Waals surface area (Å²) in [5, 5.41) is 3.81. The van der Waals surface area contributed by atoms with E-state index in [2.05, 4.69) is 31.0 Å². The fourth-order valence-electron chi connectivity index (χ4n) is 3.53. The van der Waals surface area contributed by atoms with Crippen LogP contribution in [0.5, 0.6) is 0 Å². The molecule has 0 radical (unpaired) electrons. The van der Waals surface area contributed by atoms with Crippen molar-refractivity contribution in [3.63, 3.8) is 0 Å². The zero-order valence-corrected chi connectivity index (χ0v) is 13.4. The molecule has 1 saturated carbocycles. The Labute approximate surface area is 120 Å². The van der Waals surface area contributed by atoms with Gasteiger partial charge in [0.15, 0.2) is 0 Å². The number of unbranched alkanes of at least 4 members (excludes halogenated alkanes) is 5. The summed E-state index contributed by atoms with van der Waals surface area (Å²) in [5.41, 5.74) is 0.411. The van der Waals surface area contributed by atoms with Crippen molar-refractivity contribution in [1.82, 2.24) is 10.2 Å². The molecule has 1 heterocycles. The van der Waals surface area contributed by atoms with E-state index in [9.17, 15) is 0 Å². The number of nitrogens with one attached hydrogen (secondary N) is 1. The predicted octanol–water partition coefficient (Wildman–Crippen LogP) is 3.81. The van der Waals surface area contributed by atoms with Gasteiger partial charge in [0.25, 0.3) is 0 Å². The van der Waals surface area contributed by atoms with Crippen LogP contribution in [0.2, 0.25) is 0 Å². The maximum atomic E-state index is 3.81. The molecule has 19 heavy (non-hydrogen) atoms. The maximum Gasteiger partial charge on any atom is 0.0309 e. The van der Waals surface area contributed by atoms with Gasteiger partial charge in [0, 0.05) is 24.7 Å². The van der Waals surface area contributed by atoms with Gasteiger partial charge in [-0.1, -0.05) is 39.0 Å². The van der Waals surface area contributed by atoms with Gasteiger partial charge in [-0.15, -0.1) is 0 Å². The molecule has 2 heteroatoms. The third kappa shape index (κ3) is 4.46. The second-order valence-electron chi connectivity index (χ2n) is 7.16. The lowest BCUT2D eigenvalue weighted by molar-refractivity contribution is 0.0817. The quantitative estimate of drug-likeness (QED) is 0.672. The van der Waals surface area contributed by atoms with Gasteiger partial charge in [-0.25, -0.2) is 0 Å². The Hall–Kier alpha value is -0.0800. The van der Waals surface area contributed by atoms with E-state index in [4.69, 9.17) is 0 Å². The summed E-state index contributed by atoms with van der Waals surface area (Å²) >= 11 is 0. The summed E-state index contributed by atoms with van der Waals surface area (Å²) in [6.45, 7) is 10.9. The van der Waals surface area contributed by atoms with E-state index in [-0.39, 0.29) is 0 Å². The highest BCUT2D eigenvalue weighted by atomic mass is 15.2. The molecule has 1 N–H and O–H groups in total. The van der Waals surface area contributed by atoms with Crippen LogP contribution in [0.1, 0.15) is 72.1 Å². The van der Waals surface area contributed by atoms with Crippen molar-refractivity contribution in [3.8, 4) is 0 Å². The van der Waals surface area contributed by atoms with E-state index in [1.807, 2.05) is 0 Å². The molecule has 0 spiro atoms. The van der Waals surface area contributed by atoms with Crippen LogP contribution in [0.3, 0.4) is 0 Å². The van der Waals surface area contributed by atoms with Gasteiger partial charge in [0.1, 0.15) is 0 Å². The van der Waals surface area contributed by atoms with Gasteiger partial charge in [-0.2, -0.15) is 0 Å². The summed E-state index contributed by atoms with van der Waals surface area (Å²) in [4.78, 5) is 2.74. The Bertz CT molecular complexity index is 262. The number of nitrogens with zero attached hydrogens (tertiary/aromatic N) is 1. The topological polar surface area (TPSA) is 15.3 Å². The van der Waals surface area contributed by atoms with Crippen LogP contribution < -0.4 is 5.32 Å². The van der Waals surface area contributed by atoms with Gasteiger partial charge in [0.2, 0.25) is 0 Å². The first-order valence-electron chi connectivity index (χ1n) is 8.65. The number of hydrogen-bond acceptors (Lipinski definition) is 2. The van der Waals surface area contributed by atoms with Gasteiger partial charge in [-0.05, 0) is 45.6 Å². The van der Waals surface area contributed by atoms with Crippen molar-refractivity contribution in [3.05, 3.63) is 0 Å². The minimum absolute atomic E-state index is 0.411. The highest BCUT2D eigenvalue weighted by Gasteiger charge is 2.44. The Morgan fingerprint density at radius 1 is 1.11 bits per heavy atom. The molecule has 1 aliphatic carbocycles. The van der Waals surface area contributed by atoms with Crippen molar-refractivity contribution in [2.45, 2.75) is 83.7 Å². The Kier molecular flexibility index (Phi) is 5.70. The average Bonchev–Trinajstić information content (AvgIpc) is 3.22. The van der Waals surface area contributed by atoms with Crippen LogP contribution in [0.15, 0.2) is 0 Å². The van der Waals surface area contributed by atoms with Crippen LogP contribution >= 0.6 is 0 Å². The third-order valence-electron chi connectivity index (χ3n) is 5.23. The van der Waals surface area contributed by atoms with Crippen molar-refractivity contribution in [2.24, 2.45) is 5.92 Å². The summed E-state index contributed by atoms with van der Waals surface area (Å²) in [5.74, 6) is 0.951. The SMILES string of the molecule is CCCCCCCCN1CC(C)(C2CC2)NCC1C. The molecule has 0 aromatic heterocycles. The van der Waals surface area contributed by atoms with Gasteiger partial charge < -0.3 is 5.32 Å². The maximum absolute atomic E-state index is 3.81. The standard InChI is InChI=1S/C17H34N2/c1-4-5-6-7-8-9-12-19-14-17(3,16-10-11-16)18-13-15(19)2/h15-16,18H,4-14H2,1-3H3. The van der Waals surface area contributed by atoms with E-state index < -0.39 is 0 Å². The first-order valence-corrected chi connectivity index (χ1v) is 8.65. The zero-order valence-electron chi connectivity index (χ0n) is 13.4. The Morgan fingerprint density at radius 2 is 1.79 bits per heavy atom. The molecule has 1 saturated heterocycles. The van der Waals surface area contributed by atoms with E-state index in [1.165, 1.54) is 71.0 Å². The third-order valence-corrected chi connectivity index (χ3v) is 5.23. The number of hydrogen-bond donors (Lipinski definition) is 1. The first kappa shape index (κ1) is 15.3. The van der Waals surface area contributed by atoms with E-state index >= 15 is 0 Å². The van der Waals surface area contributed by atoms with Crippen LogP contribution in [0, 0.1) is 5.92 Å². The molecule has 2 aliphatic rings. The Balaban J connectivity index is 1.66. The van der Waals surface area contributed by atoms with E-state index in [1.54, 1.807) is 0 Å². The Morgan fingerprint density at radius 3 is 2.47 bits per heavy atom. The van der Waals surface area contributed by atoms with Gasteiger partial charge >= 0.3 is 0 Å². The zero-order chi connectivity index (χ0) is 13.7. The minimum atomic E-state index is 0.411. The summed E-state index contributed by atoms with van der Waals surface area (Å²) in [6, 6.07) is 0.725. The second-order valence-corrected chi connectivity index (χ2v) is 7.16. The van der Waals surface area contributed by atoms with Crippen molar-refractivity contribution >= 4 is 0 Å². The predicted molar refractivity (Wildman–Crippen MR) is 83.5 cm³/mol. The van der Waals surface area contributed by atoms with Crippen molar-refractivity contribution < 1.29 is 0 Å². The average molecular weight is 266 g/mol. The first-order chi connectivity index (χ1) is 9.15. The monoisotopic (exact) mass is 266 g/mol. The molecule has 112 valence electrons. The molecule has 1 aliphatic heterocycles. The molecular formula is C17H34N2. The summed E-state index contributed by atoms with van der Waals surface area (Å²) < 4.78 is 0. The smallest absolute Gasteiger partial charge is 0.0309 e. The fourth-order valence-corrected chi connectivity index (χ4v) is 3.53. The van der Waals surface area contributed by atoms with E-state index in [0.29, 0.717) is 5.54 Å². The molecule has 0 aromatic carbocycles. The summed E-state index contributed by atoms with van der Waals surface area (Å²) in [7, 11) is 0. The normalized spacial score (nSPS) is 32.7. The molecule has 0 aromatic rings. The van der Waals surface area contributed by atoms with E-state index in [0.717, 1.165) is 12.0 Å². The van der Waals surface area contributed by atoms with Crippen LogP contribution in [0.25, 0.3) is 0 Å². The minimum Gasteiger partial charge on any atom is -0.308 e. The molecule has 0 bridgehead atoms. The number of rotatable bonds is 8. The lowest BCUT2D eigenvalue weighted by Crippen LogP contribution is -2.63. The highest BCUT2D eigenvalue weighted by Crippen LogP contribution is 2.41. The van der Waals surface area contributed by atoms with Crippen molar-refractivity contribution in [2.75, 3.05) is 19.6 Å². The van der Waals surface area contributed by atoms with Gasteiger partial charge in [0.05, 0.1) is 0 Å². The lowest BCUT2D eigenvalue weighted by atomic mass is 9.91. The molecule has 0 amide bonds. The fraction of sp³-hybridized carbons (Fsp3) is 1.00. The van der Waals surface area contributed by atoms with Crippen molar-refractivity contribution in [1.29, 1.82) is 0 Å². The largest absolute Gasteiger partial charge is 0.308 e. The molecule has 2 rings (SSSR count). The molecular weight excluding hydrogens is 232 g/mol. The highest BCUT2D eigenvalue weighted by molar-refractivity contribution is 5.03. The second kappa shape index (κ2) is 7.08. The van der Waals surface area contributed by atoms with Crippen LogP contribution in [0.4, 0.5) is 0 Å². The van der Waals surface area contributed by atoms with Gasteiger partial charge in [-0.3, -0.25) is 4.90 Å².